The van der Waals surface area contributed by atoms with E-state index in [2.05, 4.69) is 9.22 Å². The molecule has 0 aromatic rings. The van der Waals surface area contributed by atoms with Gasteiger partial charge in [0, 0.05) is 0 Å². The molecule has 80 valence electrons. The van der Waals surface area contributed by atoms with Gasteiger partial charge in [-0.25, -0.2) is 4.89 Å². The highest BCUT2D eigenvalue weighted by Gasteiger charge is 2.31. The van der Waals surface area contributed by atoms with Gasteiger partial charge in [-0.3, -0.25) is 0 Å². The molecule has 0 aliphatic heterocycles. The summed E-state index contributed by atoms with van der Waals surface area (Å²) >= 11 is 0. The number of rotatable bonds is 6. The van der Waals surface area contributed by atoms with Crippen LogP contribution in [0.1, 0.15) is 6.92 Å². The van der Waals surface area contributed by atoms with Gasteiger partial charge in [0.05, 0.1) is 13.2 Å². The molecule has 2 unspecified atom stereocenters. The maximum Gasteiger partial charge on any atom is 0.323 e. The van der Waals surface area contributed by atoms with Crippen molar-refractivity contribution in [3.05, 3.63) is 0 Å². The molecule has 0 spiro atoms. The van der Waals surface area contributed by atoms with Gasteiger partial charge in [-0.15, -0.1) is 4.33 Å². The predicted octanol–water partition coefficient (Wildman–Crippen LogP) is -2.04. The Balaban J connectivity index is 4.28. The van der Waals surface area contributed by atoms with Crippen molar-refractivity contribution < 1.29 is 33.0 Å². The molecule has 0 heterocycles. The predicted molar refractivity (Wildman–Crippen MR) is 40.7 cm³/mol. The SMILES string of the molecule is CCOOS(=O)(=O)C(O)C(O)CO. The highest BCUT2D eigenvalue weighted by molar-refractivity contribution is 7.87. The van der Waals surface area contributed by atoms with Gasteiger partial charge in [0.15, 0.2) is 0 Å². The van der Waals surface area contributed by atoms with E-state index in [0.29, 0.717) is 0 Å². The first-order chi connectivity index (χ1) is 5.95. The first-order valence-electron chi connectivity index (χ1n) is 3.47. The summed E-state index contributed by atoms with van der Waals surface area (Å²) in [6.45, 7) is 0.557. The second-order valence-electron chi connectivity index (χ2n) is 2.11. The summed E-state index contributed by atoms with van der Waals surface area (Å²) < 4.78 is 25.5. The molecule has 2 atom stereocenters. The van der Waals surface area contributed by atoms with E-state index in [4.69, 9.17) is 15.3 Å². The molecule has 0 bridgehead atoms. The fraction of sp³-hybridized carbons (Fsp3) is 1.00. The average molecular weight is 216 g/mol. The molecule has 3 N–H and O–H groups in total. The van der Waals surface area contributed by atoms with Gasteiger partial charge in [-0.2, -0.15) is 8.42 Å². The maximum absolute atomic E-state index is 10.8. The molecule has 0 radical (unpaired) electrons. The van der Waals surface area contributed by atoms with Crippen LogP contribution in [-0.2, 0) is 19.3 Å². The van der Waals surface area contributed by atoms with E-state index in [1.165, 1.54) is 6.92 Å². The summed E-state index contributed by atoms with van der Waals surface area (Å²) in [5.74, 6) is 0. The minimum atomic E-state index is -4.41. The molecular weight excluding hydrogens is 204 g/mol. The molecular formula is C5H12O7S. The van der Waals surface area contributed by atoms with Gasteiger partial charge in [0.1, 0.15) is 6.10 Å². The van der Waals surface area contributed by atoms with Crippen molar-refractivity contribution in [2.24, 2.45) is 0 Å². The third-order valence-corrected chi connectivity index (χ3v) is 2.26. The van der Waals surface area contributed by atoms with Gasteiger partial charge < -0.3 is 15.3 Å². The Morgan fingerprint density at radius 1 is 1.38 bits per heavy atom. The molecule has 0 aliphatic carbocycles. The normalized spacial score (nSPS) is 16.9. The van der Waals surface area contributed by atoms with E-state index >= 15 is 0 Å². The first kappa shape index (κ1) is 12.8. The topological polar surface area (TPSA) is 113 Å². The number of aliphatic hydroxyl groups excluding tert-OH is 3. The zero-order chi connectivity index (χ0) is 10.5. The molecule has 13 heavy (non-hydrogen) atoms. The maximum atomic E-state index is 10.8. The summed E-state index contributed by atoms with van der Waals surface area (Å²) in [6.07, 6.45) is -1.81. The fourth-order valence-corrected chi connectivity index (χ4v) is 1.22. The summed E-state index contributed by atoms with van der Waals surface area (Å²) in [5.41, 5.74) is -2.22. The third kappa shape index (κ3) is 3.98. The number of hydrogen-bond acceptors (Lipinski definition) is 7. The van der Waals surface area contributed by atoms with Crippen LogP contribution < -0.4 is 0 Å². The molecule has 0 saturated carbocycles. The Morgan fingerprint density at radius 3 is 2.31 bits per heavy atom. The Bertz CT molecular complexity index is 223. The van der Waals surface area contributed by atoms with Gasteiger partial charge in [0.2, 0.25) is 5.44 Å². The quantitative estimate of drug-likeness (QED) is 0.346. The van der Waals surface area contributed by atoms with E-state index in [-0.39, 0.29) is 6.61 Å². The van der Waals surface area contributed by atoms with E-state index in [1.54, 1.807) is 0 Å². The van der Waals surface area contributed by atoms with E-state index in [1.807, 2.05) is 0 Å². The van der Waals surface area contributed by atoms with Crippen molar-refractivity contribution in [3.8, 4) is 0 Å². The van der Waals surface area contributed by atoms with Gasteiger partial charge in [-0.1, -0.05) is 0 Å². The molecule has 8 heteroatoms. The first-order valence-corrected chi connectivity index (χ1v) is 4.94. The zero-order valence-electron chi connectivity index (χ0n) is 6.95. The van der Waals surface area contributed by atoms with Crippen LogP contribution in [0.2, 0.25) is 0 Å². The van der Waals surface area contributed by atoms with Gasteiger partial charge in [0.25, 0.3) is 0 Å². The van der Waals surface area contributed by atoms with Crippen LogP contribution in [0.15, 0.2) is 0 Å². The number of hydrogen-bond donors (Lipinski definition) is 3. The third-order valence-electron chi connectivity index (χ3n) is 1.07. The Labute approximate surface area is 75.6 Å². The monoisotopic (exact) mass is 216 g/mol. The molecule has 0 aromatic carbocycles. The molecule has 0 aliphatic rings. The Hall–Kier alpha value is -0.250. The lowest BCUT2D eigenvalue weighted by atomic mass is 10.4. The van der Waals surface area contributed by atoms with E-state index in [0.717, 1.165) is 0 Å². The number of aliphatic hydroxyl groups is 3. The average Bonchev–Trinajstić information content (AvgIpc) is 2.12. The lowest BCUT2D eigenvalue weighted by Crippen LogP contribution is -2.37. The second-order valence-corrected chi connectivity index (χ2v) is 3.71. The zero-order valence-corrected chi connectivity index (χ0v) is 7.77. The van der Waals surface area contributed by atoms with Crippen LogP contribution >= 0.6 is 0 Å². The minimum absolute atomic E-state index is 0.0266. The van der Waals surface area contributed by atoms with Crippen LogP contribution in [0.5, 0.6) is 0 Å². The van der Waals surface area contributed by atoms with E-state index in [9.17, 15) is 8.42 Å². The summed E-state index contributed by atoms with van der Waals surface area (Å²) in [4.78, 5) is 4.07. The van der Waals surface area contributed by atoms with Crippen molar-refractivity contribution in [2.75, 3.05) is 13.2 Å². The van der Waals surface area contributed by atoms with Crippen LogP contribution in [0.3, 0.4) is 0 Å². The van der Waals surface area contributed by atoms with Crippen LogP contribution in [-0.4, -0.2) is 48.5 Å². The molecule has 0 saturated heterocycles. The second kappa shape index (κ2) is 5.47. The molecule has 0 rings (SSSR count). The lowest BCUT2D eigenvalue weighted by Gasteiger charge is -2.14. The van der Waals surface area contributed by atoms with Crippen molar-refractivity contribution in [2.45, 2.75) is 18.5 Å². The van der Waals surface area contributed by atoms with Crippen molar-refractivity contribution >= 4 is 10.1 Å². The van der Waals surface area contributed by atoms with Crippen LogP contribution in [0.25, 0.3) is 0 Å². The van der Waals surface area contributed by atoms with Crippen molar-refractivity contribution in [1.82, 2.24) is 0 Å². The standard InChI is InChI=1S/C5H12O7S/c1-2-11-12-13(9,10)5(8)4(7)3-6/h4-8H,2-3H2,1H3. The molecule has 0 amide bonds. The molecule has 7 nitrogen and oxygen atoms in total. The summed E-state index contributed by atoms with van der Waals surface area (Å²) in [6, 6.07) is 0. The highest BCUT2D eigenvalue weighted by Crippen LogP contribution is 2.06. The lowest BCUT2D eigenvalue weighted by molar-refractivity contribution is -0.200. The van der Waals surface area contributed by atoms with Crippen molar-refractivity contribution in [1.29, 1.82) is 0 Å². The smallest absolute Gasteiger partial charge is 0.323 e. The van der Waals surface area contributed by atoms with Gasteiger partial charge in [-0.05, 0) is 6.92 Å². The minimum Gasteiger partial charge on any atom is -0.394 e. The Kier molecular flexibility index (Phi) is 5.37. The van der Waals surface area contributed by atoms with E-state index < -0.39 is 28.3 Å². The van der Waals surface area contributed by atoms with Crippen LogP contribution in [0, 0.1) is 0 Å². The van der Waals surface area contributed by atoms with Gasteiger partial charge >= 0.3 is 10.1 Å². The fourth-order valence-electron chi connectivity index (χ4n) is 0.438. The van der Waals surface area contributed by atoms with Crippen molar-refractivity contribution in [3.63, 3.8) is 0 Å². The molecule has 0 fully saturated rings. The Morgan fingerprint density at radius 2 is 1.92 bits per heavy atom. The summed E-state index contributed by atoms with van der Waals surface area (Å²) in [5, 5.41) is 25.9. The highest BCUT2D eigenvalue weighted by atomic mass is 32.2. The largest absolute Gasteiger partial charge is 0.394 e. The molecule has 0 aromatic heterocycles. The van der Waals surface area contributed by atoms with Crippen LogP contribution in [0.4, 0.5) is 0 Å². The summed E-state index contributed by atoms with van der Waals surface area (Å²) in [7, 11) is -4.41.